The molecule has 1 aliphatic rings. The summed E-state index contributed by atoms with van der Waals surface area (Å²) in [7, 11) is 1.11. The molecule has 4 heteroatoms. The molecule has 0 fully saturated rings. The molecule has 0 bridgehead atoms. The summed E-state index contributed by atoms with van der Waals surface area (Å²) in [5.74, 6) is 0. The number of hydrogen-bond donors (Lipinski definition) is 1. The Hall–Kier alpha value is -1.49. The third kappa shape index (κ3) is 3.00. The normalized spacial score (nSPS) is 21.8. The van der Waals surface area contributed by atoms with Gasteiger partial charge in [0.25, 0.3) is 0 Å². The maximum absolute atomic E-state index is 11.4. The van der Waals surface area contributed by atoms with E-state index in [0.29, 0.717) is 0 Å². The summed E-state index contributed by atoms with van der Waals surface area (Å²) in [6, 6.07) is 16.1. The largest absolute Gasteiger partial charge is 0.387 e. The molecule has 0 aromatic heterocycles. The zero-order valence-corrected chi connectivity index (χ0v) is 13.7. The van der Waals surface area contributed by atoms with Gasteiger partial charge in [0.2, 0.25) is 0 Å². The summed E-state index contributed by atoms with van der Waals surface area (Å²) >= 11 is 0. The molecule has 0 saturated carbocycles. The molecule has 0 radical (unpaired) electrons. The van der Waals surface area contributed by atoms with Gasteiger partial charge in [-0.15, -0.1) is 0 Å². The van der Waals surface area contributed by atoms with Crippen molar-refractivity contribution in [2.24, 2.45) is 0 Å². The van der Waals surface area contributed by atoms with Crippen molar-refractivity contribution in [1.82, 2.24) is 4.90 Å². The zero-order chi connectivity index (χ0) is 15.7. The van der Waals surface area contributed by atoms with Crippen LogP contribution in [0.15, 0.2) is 53.4 Å². The lowest BCUT2D eigenvalue weighted by Crippen LogP contribution is -2.34. The average Bonchev–Trinajstić information content (AvgIpc) is 2.85. The molecule has 0 aliphatic heterocycles. The Morgan fingerprint density at radius 1 is 1.18 bits per heavy atom. The summed E-state index contributed by atoms with van der Waals surface area (Å²) in [5, 5.41) is 10.5. The van der Waals surface area contributed by atoms with Crippen LogP contribution in [0.2, 0.25) is 0 Å². The predicted molar refractivity (Wildman–Crippen MR) is 89.1 cm³/mol. The molecule has 0 spiro atoms. The Labute approximate surface area is 134 Å². The maximum Gasteiger partial charge on any atom is 0.0951 e. The fourth-order valence-corrected chi connectivity index (χ4v) is 3.66. The summed E-state index contributed by atoms with van der Waals surface area (Å²) in [6.07, 6.45) is 2.14. The summed E-state index contributed by atoms with van der Waals surface area (Å²) < 4.78 is 11.4. The highest BCUT2D eigenvalue weighted by Gasteiger charge is 2.33. The second kappa shape index (κ2) is 6.32. The molecular formula is C18H21NO2S. The smallest absolute Gasteiger partial charge is 0.0951 e. The summed E-state index contributed by atoms with van der Waals surface area (Å²) in [4.78, 5) is 3.04. The molecule has 2 aromatic rings. The highest BCUT2D eigenvalue weighted by Crippen LogP contribution is 2.34. The maximum atomic E-state index is 11.4. The van der Waals surface area contributed by atoms with Crippen molar-refractivity contribution in [3.63, 3.8) is 0 Å². The fraction of sp³-hybridized carbons (Fsp3) is 0.333. The van der Waals surface area contributed by atoms with Crippen LogP contribution >= 0.6 is 0 Å². The number of nitrogens with zero attached hydrogens (tertiary/aromatic N) is 1. The highest BCUT2D eigenvalue weighted by molar-refractivity contribution is 7.84. The van der Waals surface area contributed by atoms with Gasteiger partial charge in [0.1, 0.15) is 0 Å². The number of aliphatic hydroxyl groups is 1. The van der Waals surface area contributed by atoms with E-state index >= 15 is 0 Å². The molecule has 22 heavy (non-hydrogen) atoms. The van der Waals surface area contributed by atoms with Gasteiger partial charge < -0.3 is 5.11 Å². The zero-order valence-electron chi connectivity index (χ0n) is 12.9. The molecule has 0 heterocycles. The predicted octanol–water partition coefficient (Wildman–Crippen LogP) is 2.51. The van der Waals surface area contributed by atoms with Crippen LogP contribution in [-0.2, 0) is 23.8 Å². The van der Waals surface area contributed by atoms with Crippen molar-refractivity contribution in [1.29, 1.82) is 0 Å². The summed E-state index contributed by atoms with van der Waals surface area (Å²) in [5.41, 5.74) is 3.46. The van der Waals surface area contributed by atoms with E-state index in [4.69, 9.17) is 0 Å². The number of hydrogen-bond acceptors (Lipinski definition) is 3. The highest BCUT2D eigenvalue weighted by atomic mass is 32.2. The Kier molecular flexibility index (Phi) is 4.43. The number of likely N-dealkylation sites (N-methyl/N-ethyl adjacent to an activating group) is 1. The molecule has 0 amide bonds. The Balaban J connectivity index is 1.70. The topological polar surface area (TPSA) is 40.5 Å². The van der Waals surface area contributed by atoms with Crippen LogP contribution in [0.5, 0.6) is 0 Å². The van der Waals surface area contributed by atoms with Gasteiger partial charge in [-0.1, -0.05) is 36.4 Å². The Bertz CT molecular complexity index is 684. The molecular weight excluding hydrogens is 294 g/mol. The lowest BCUT2D eigenvalue weighted by Gasteiger charge is -2.27. The second-order valence-corrected chi connectivity index (χ2v) is 7.31. The van der Waals surface area contributed by atoms with Crippen molar-refractivity contribution in [3.8, 4) is 0 Å². The third-order valence-electron chi connectivity index (χ3n) is 4.42. The van der Waals surface area contributed by atoms with Crippen molar-refractivity contribution in [2.75, 3.05) is 13.3 Å². The quantitative estimate of drug-likeness (QED) is 0.942. The van der Waals surface area contributed by atoms with E-state index in [1.807, 2.05) is 49.5 Å². The molecule has 0 saturated heterocycles. The van der Waals surface area contributed by atoms with E-state index in [-0.39, 0.29) is 6.04 Å². The van der Waals surface area contributed by atoms with Gasteiger partial charge in [-0.2, -0.15) is 0 Å². The van der Waals surface area contributed by atoms with E-state index < -0.39 is 16.9 Å². The van der Waals surface area contributed by atoms with Crippen LogP contribution in [0.25, 0.3) is 0 Å². The van der Waals surface area contributed by atoms with Gasteiger partial charge in [-0.05, 0) is 42.3 Å². The SMILES string of the molecule is CN(Cc1ccc(S(C)=O)cc1)C1Cc2ccccc2C1O. The van der Waals surface area contributed by atoms with E-state index in [0.717, 1.165) is 23.4 Å². The molecule has 3 rings (SSSR count). The first kappa shape index (κ1) is 15.4. The van der Waals surface area contributed by atoms with Gasteiger partial charge >= 0.3 is 0 Å². The van der Waals surface area contributed by atoms with Crippen LogP contribution < -0.4 is 0 Å². The van der Waals surface area contributed by atoms with Crippen molar-refractivity contribution in [3.05, 3.63) is 65.2 Å². The van der Waals surface area contributed by atoms with Crippen LogP contribution in [0, 0.1) is 0 Å². The monoisotopic (exact) mass is 315 g/mol. The third-order valence-corrected chi connectivity index (χ3v) is 5.36. The first-order chi connectivity index (χ1) is 10.6. The minimum absolute atomic E-state index is 0.109. The lowest BCUT2D eigenvalue weighted by atomic mass is 10.1. The number of aliphatic hydroxyl groups excluding tert-OH is 1. The lowest BCUT2D eigenvalue weighted by molar-refractivity contribution is 0.0721. The van der Waals surface area contributed by atoms with Crippen LogP contribution in [-0.4, -0.2) is 33.6 Å². The minimum Gasteiger partial charge on any atom is -0.387 e. The van der Waals surface area contributed by atoms with Gasteiger partial charge in [-0.3, -0.25) is 9.11 Å². The van der Waals surface area contributed by atoms with E-state index in [1.54, 1.807) is 6.26 Å². The standard InChI is InChI=1S/C18H21NO2S/c1-19(12-13-7-9-15(10-8-13)22(2)21)17-11-14-5-3-4-6-16(14)18(17)20/h3-10,17-18,20H,11-12H2,1-2H3. The second-order valence-electron chi connectivity index (χ2n) is 5.93. The Morgan fingerprint density at radius 3 is 2.50 bits per heavy atom. The van der Waals surface area contributed by atoms with Crippen LogP contribution in [0.1, 0.15) is 22.8 Å². The first-order valence-electron chi connectivity index (χ1n) is 7.44. The number of benzene rings is 2. The van der Waals surface area contributed by atoms with E-state index in [1.165, 1.54) is 11.1 Å². The molecule has 116 valence electrons. The average molecular weight is 315 g/mol. The van der Waals surface area contributed by atoms with E-state index in [2.05, 4.69) is 11.0 Å². The van der Waals surface area contributed by atoms with Gasteiger partial charge in [0.05, 0.1) is 6.10 Å². The van der Waals surface area contributed by atoms with Gasteiger partial charge in [0, 0.05) is 34.5 Å². The molecule has 2 aromatic carbocycles. The molecule has 3 nitrogen and oxygen atoms in total. The van der Waals surface area contributed by atoms with Crippen molar-refractivity contribution >= 4 is 10.8 Å². The number of fused-ring (bicyclic) bond motifs is 1. The van der Waals surface area contributed by atoms with Crippen molar-refractivity contribution < 1.29 is 9.32 Å². The van der Waals surface area contributed by atoms with Gasteiger partial charge in [-0.25, -0.2) is 0 Å². The number of rotatable bonds is 4. The molecule has 1 aliphatic carbocycles. The first-order valence-corrected chi connectivity index (χ1v) is 9.00. The van der Waals surface area contributed by atoms with Crippen LogP contribution in [0.3, 0.4) is 0 Å². The Morgan fingerprint density at radius 2 is 1.86 bits per heavy atom. The molecule has 1 N–H and O–H groups in total. The summed E-state index contributed by atoms with van der Waals surface area (Å²) in [6.45, 7) is 0.770. The van der Waals surface area contributed by atoms with Gasteiger partial charge in [0.15, 0.2) is 0 Å². The fourth-order valence-electron chi connectivity index (χ4n) is 3.14. The van der Waals surface area contributed by atoms with Crippen LogP contribution in [0.4, 0.5) is 0 Å². The van der Waals surface area contributed by atoms with Crippen molar-refractivity contribution in [2.45, 2.75) is 30.0 Å². The molecule has 3 unspecified atom stereocenters. The van der Waals surface area contributed by atoms with E-state index in [9.17, 15) is 9.32 Å². The minimum atomic E-state index is -0.938. The molecule has 3 atom stereocenters.